The second kappa shape index (κ2) is 8.47. The van der Waals surface area contributed by atoms with E-state index >= 15 is 0 Å². The second-order valence-electron chi connectivity index (χ2n) is 6.48. The SMILES string of the molecule is O=C(NCc1ccc(F)cc1)NCc1cccc(NC(=O)C2CCC2)c1. The first-order valence-corrected chi connectivity index (χ1v) is 8.76. The summed E-state index contributed by atoms with van der Waals surface area (Å²) in [5.74, 6) is -0.102. The molecule has 3 amide bonds. The van der Waals surface area contributed by atoms with Gasteiger partial charge in [-0.15, -0.1) is 0 Å². The van der Waals surface area contributed by atoms with Crippen molar-refractivity contribution in [3.63, 3.8) is 0 Å². The van der Waals surface area contributed by atoms with E-state index in [0.717, 1.165) is 36.1 Å². The molecule has 26 heavy (non-hydrogen) atoms. The molecule has 6 heteroatoms. The van der Waals surface area contributed by atoms with Gasteiger partial charge in [0.25, 0.3) is 0 Å². The Kier molecular flexibility index (Phi) is 5.84. The predicted octanol–water partition coefficient (Wildman–Crippen LogP) is 3.56. The first kappa shape index (κ1) is 17.9. The number of hydrogen-bond acceptors (Lipinski definition) is 2. The normalized spacial score (nSPS) is 13.6. The van der Waals surface area contributed by atoms with E-state index in [4.69, 9.17) is 0 Å². The van der Waals surface area contributed by atoms with E-state index in [1.54, 1.807) is 12.1 Å². The third-order valence-electron chi connectivity index (χ3n) is 4.49. The molecule has 0 aliphatic heterocycles. The molecule has 136 valence electrons. The van der Waals surface area contributed by atoms with Crippen molar-refractivity contribution in [1.29, 1.82) is 0 Å². The van der Waals surface area contributed by atoms with Crippen molar-refractivity contribution in [1.82, 2.24) is 10.6 Å². The minimum atomic E-state index is -0.307. The van der Waals surface area contributed by atoms with Crippen molar-refractivity contribution < 1.29 is 14.0 Å². The van der Waals surface area contributed by atoms with Crippen LogP contribution in [0.5, 0.6) is 0 Å². The highest BCUT2D eigenvalue weighted by Crippen LogP contribution is 2.27. The van der Waals surface area contributed by atoms with Crippen molar-refractivity contribution in [3.8, 4) is 0 Å². The van der Waals surface area contributed by atoms with E-state index < -0.39 is 0 Å². The summed E-state index contributed by atoms with van der Waals surface area (Å²) in [6, 6.07) is 13.1. The number of halogens is 1. The van der Waals surface area contributed by atoms with Crippen molar-refractivity contribution in [2.24, 2.45) is 5.92 Å². The first-order valence-electron chi connectivity index (χ1n) is 8.76. The second-order valence-corrected chi connectivity index (χ2v) is 6.48. The number of rotatable bonds is 6. The molecule has 1 saturated carbocycles. The third-order valence-corrected chi connectivity index (χ3v) is 4.49. The summed E-state index contributed by atoms with van der Waals surface area (Å²) in [5, 5.41) is 8.42. The minimum Gasteiger partial charge on any atom is -0.334 e. The smallest absolute Gasteiger partial charge is 0.315 e. The Bertz CT molecular complexity index is 773. The molecule has 3 rings (SSSR count). The molecule has 0 unspecified atom stereocenters. The molecule has 0 heterocycles. The van der Waals surface area contributed by atoms with Crippen LogP contribution in [-0.4, -0.2) is 11.9 Å². The quantitative estimate of drug-likeness (QED) is 0.741. The van der Waals surface area contributed by atoms with E-state index in [0.29, 0.717) is 13.1 Å². The monoisotopic (exact) mass is 355 g/mol. The van der Waals surface area contributed by atoms with E-state index in [1.165, 1.54) is 12.1 Å². The highest BCUT2D eigenvalue weighted by Gasteiger charge is 2.25. The number of carbonyl (C=O) groups is 2. The maximum Gasteiger partial charge on any atom is 0.315 e. The van der Waals surface area contributed by atoms with E-state index in [9.17, 15) is 14.0 Å². The van der Waals surface area contributed by atoms with Gasteiger partial charge in [0.2, 0.25) is 5.91 Å². The minimum absolute atomic E-state index is 0.0680. The summed E-state index contributed by atoms with van der Waals surface area (Å²) in [4.78, 5) is 23.9. The zero-order chi connectivity index (χ0) is 18.4. The largest absolute Gasteiger partial charge is 0.334 e. The van der Waals surface area contributed by atoms with Gasteiger partial charge >= 0.3 is 6.03 Å². The van der Waals surface area contributed by atoms with Gasteiger partial charge < -0.3 is 16.0 Å². The third kappa shape index (κ3) is 5.05. The number of urea groups is 1. The van der Waals surface area contributed by atoms with Gasteiger partial charge in [-0.2, -0.15) is 0 Å². The Balaban J connectivity index is 1.44. The fraction of sp³-hybridized carbons (Fsp3) is 0.300. The Labute approximate surface area is 152 Å². The molecule has 3 N–H and O–H groups in total. The van der Waals surface area contributed by atoms with Crippen LogP contribution >= 0.6 is 0 Å². The van der Waals surface area contributed by atoms with Crippen molar-refractivity contribution in [3.05, 3.63) is 65.5 Å². The molecule has 1 fully saturated rings. The lowest BCUT2D eigenvalue weighted by atomic mass is 9.85. The van der Waals surface area contributed by atoms with Gasteiger partial charge in [-0.3, -0.25) is 4.79 Å². The average Bonchev–Trinajstić information content (AvgIpc) is 2.58. The molecule has 0 saturated heterocycles. The molecular weight excluding hydrogens is 333 g/mol. The summed E-state index contributed by atoms with van der Waals surface area (Å²) >= 11 is 0. The highest BCUT2D eigenvalue weighted by molar-refractivity contribution is 5.93. The summed E-state index contributed by atoms with van der Waals surface area (Å²) in [7, 11) is 0. The van der Waals surface area contributed by atoms with Crippen LogP contribution in [-0.2, 0) is 17.9 Å². The summed E-state index contributed by atoms with van der Waals surface area (Å²) in [6.45, 7) is 0.673. The number of benzene rings is 2. The predicted molar refractivity (Wildman–Crippen MR) is 97.9 cm³/mol. The van der Waals surface area contributed by atoms with Gasteiger partial charge in [-0.25, -0.2) is 9.18 Å². The zero-order valence-electron chi connectivity index (χ0n) is 14.4. The Morgan fingerprint density at radius 3 is 2.31 bits per heavy atom. The Morgan fingerprint density at radius 1 is 0.962 bits per heavy atom. The van der Waals surface area contributed by atoms with Crippen LogP contribution in [0.25, 0.3) is 0 Å². The van der Waals surface area contributed by atoms with Crippen LogP contribution in [0, 0.1) is 11.7 Å². The maximum absolute atomic E-state index is 12.8. The van der Waals surface area contributed by atoms with Crippen molar-refractivity contribution in [2.75, 3.05) is 5.32 Å². The van der Waals surface area contributed by atoms with E-state index in [1.807, 2.05) is 24.3 Å². The molecule has 1 aliphatic carbocycles. The van der Waals surface area contributed by atoms with Crippen molar-refractivity contribution in [2.45, 2.75) is 32.4 Å². The molecule has 0 radical (unpaired) electrons. The Morgan fingerprint density at radius 2 is 1.65 bits per heavy atom. The standard InChI is InChI=1S/C20H22FN3O2/c21-17-9-7-14(8-10-17)12-22-20(26)23-13-15-3-1-6-18(11-15)24-19(25)16-4-2-5-16/h1,3,6-11,16H,2,4-5,12-13H2,(H,24,25)(H2,22,23,26). The number of carbonyl (C=O) groups excluding carboxylic acids is 2. The van der Waals surface area contributed by atoms with Gasteiger partial charge in [-0.1, -0.05) is 30.7 Å². The molecule has 0 aromatic heterocycles. The number of amides is 3. The van der Waals surface area contributed by atoms with Gasteiger partial charge in [0.15, 0.2) is 0 Å². The number of anilines is 1. The van der Waals surface area contributed by atoms with E-state index in [-0.39, 0.29) is 23.7 Å². The highest BCUT2D eigenvalue weighted by atomic mass is 19.1. The van der Waals surface area contributed by atoms with Crippen LogP contribution in [0.2, 0.25) is 0 Å². The molecule has 0 spiro atoms. The molecule has 5 nitrogen and oxygen atoms in total. The lowest BCUT2D eigenvalue weighted by Crippen LogP contribution is -2.34. The number of nitrogens with one attached hydrogen (secondary N) is 3. The first-order chi connectivity index (χ1) is 12.6. The van der Waals surface area contributed by atoms with Crippen molar-refractivity contribution >= 4 is 17.6 Å². The van der Waals surface area contributed by atoms with Crippen LogP contribution in [0.15, 0.2) is 48.5 Å². The van der Waals surface area contributed by atoms with Crippen LogP contribution < -0.4 is 16.0 Å². The van der Waals surface area contributed by atoms with Gasteiger partial charge in [-0.05, 0) is 48.2 Å². The van der Waals surface area contributed by atoms with Gasteiger partial charge in [0.05, 0.1) is 0 Å². The van der Waals surface area contributed by atoms with Gasteiger partial charge in [0.1, 0.15) is 5.82 Å². The van der Waals surface area contributed by atoms with E-state index in [2.05, 4.69) is 16.0 Å². The molecule has 2 aromatic carbocycles. The zero-order valence-corrected chi connectivity index (χ0v) is 14.4. The summed E-state index contributed by atoms with van der Waals surface area (Å²) < 4.78 is 12.8. The fourth-order valence-corrected chi connectivity index (χ4v) is 2.70. The fourth-order valence-electron chi connectivity index (χ4n) is 2.70. The summed E-state index contributed by atoms with van der Waals surface area (Å²) in [6.07, 6.45) is 3.04. The maximum atomic E-state index is 12.8. The molecule has 2 aromatic rings. The summed E-state index contributed by atoms with van der Waals surface area (Å²) in [5.41, 5.74) is 2.46. The molecule has 0 bridgehead atoms. The van der Waals surface area contributed by atoms with Crippen LogP contribution in [0.4, 0.5) is 14.9 Å². The molecular formula is C20H22FN3O2. The average molecular weight is 355 g/mol. The van der Waals surface area contributed by atoms with Crippen LogP contribution in [0.3, 0.4) is 0 Å². The topological polar surface area (TPSA) is 70.2 Å². The molecule has 1 aliphatic rings. The lowest BCUT2D eigenvalue weighted by Gasteiger charge is -2.24. The van der Waals surface area contributed by atoms with Crippen LogP contribution in [0.1, 0.15) is 30.4 Å². The Hall–Kier alpha value is -2.89. The number of hydrogen-bond donors (Lipinski definition) is 3. The van der Waals surface area contributed by atoms with Gasteiger partial charge in [0, 0.05) is 24.7 Å². The lowest BCUT2D eigenvalue weighted by molar-refractivity contribution is -0.122. The molecule has 0 atom stereocenters.